The summed E-state index contributed by atoms with van der Waals surface area (Å²) in [4.78, 5) is 51.2. The smallest absolute Gasteiger partial charge is 0.337 e. The molecule has 1 aliphatic carbocycles. The van der Waals surface area contributed by atoms with Crippen LogP contribution in [0.4, 0.5) is 0 Å². The van der Waals surface area contributed by atoms with Gasteiger partial charge in [0.05, 0.1) is 22.3 Å². The Kier molecular flexibility index (Phi) is 9.30. The van der Waals surface area contributed by atoms with Gasteiger partial charge in [0.25, 0.3) is 0 Å². The van der Waals surface area contributed by atoms with Crippen molar-refractivity contribution >= 4 is 23.9 Å². The molecule has 0 atom stereocenters. The fourth-order valence-electron chi connectivity index (χ4n) is 7.82. The van der Waals surface area contributed by atoms with Crippen LogP contribution in [0.2, 0.25) is 0 Å². The number of carboxylic acid groups (broad SMARTS) is 4. The van der Waals surface area contributed by atoms with E-state index in [1.54, 1.807) is 0 Å². The van der Waals surface area contributed by atoms with E-state index in [9.17, 15) is 39.6 Å². The molecule has 0 bridgehead atoms. The van der Waals surface area contributed by atoms with Crippen molar-refractivity contribution in [3.05, 3.63) is 104 Å². The number of aromatic carboxylic acids is 4. The first-order valence-electron chi connectivity index (χ1n) is 16.6. The third-order valence-electron chi connectivity index (χ3n) is 9.61. The van der Waals surface area contributed by atoms with Gasteiger partial charge >= 0.3 is 23.9 Å². The molecule has 0 aliphatic heterocycles. The first-order valence-corrected chi connectivity index (χ1v) is 16.6. The maximum atomic E-state index is 13.1. The lowest BCUT2D eigenvalue weighted by atomic mass is 9.76. The quantitative estimate of drug-likeness (QED) is 0.115. The largest absolute Gasteiger partial charge is 0.478 e. The predicted molar refractivity (Wildman–Crippen MR) is 190 cm³/mol. The number of fused-ring (bicyclic) bond motifs is 3. The van der Waals surface area contributed by atoms with E-state index in [1.165, 1.54) is 0 Å². The van der Waals surface area contributed by atoms with Crippen LogP contribution >= 0.6 is 0 Å². The zero-order valence-corrected chi connectivity index (χ0v) is 29.1. The van der Waals surface area contributed by atoms with Crippen LogP contribution in [0.5, 0.6) is 0 Å². The molecule has 4 aromatic carbocycles. The van der Waals surface area contributed by atoms with Crippen LogP contribution in [0.25, 0.3) is 33.4 Å². The normalized spacial score (nSPS) is 12.2. The van der Waals surface area contributed by atoms with Crippen LogP contribution in [0.15, 0.2) is 48.5 Å². The Labute approximate surface area is 286 Å². The highest BCUT2D eigenvalue weighted by Crippen LogP contribution is 2.54. The van der Waals surface area contributed by atoms with Crippen LogP contribution in [0, 0.1) is 0 Å². The maximum absolute atomic E-state index is 13.1. The predicted octanol–water partition coefficient (Wildman–Crippen LogP) is 9.88. The number of carbonyl (C=O) groups is 4. The van der Waals surface area contributed by atoms with E-state index in [4.69, 9.17) is 0 Å². The molecule has 4 aromatic rings. The van der Waals surface area contributed by atoms with Gasteiger partial charge in [0.2, 0.25) is 0 Å². The average Bonchev–Trinajstić information content (AvgIpc) is 3.40. The maximum Gasteiger partial charge on any atom is 0.337 e. The second-order valence-corrected chi connectivity index (χ2v) is 14.0. The Morgan fingerprint density at radius 3 is 1.37 bits per heavy atom. The van der Waals surface area contributed by atoms with Gasteiger partial charge in [-0.25, -0.2) is 19.2 Å². The fraction of sp³-hybridized carbons (Fsp3) is 0.317. The number of carboxylic acids is 4. The van der Waals surface area contributed by atoms with Crippen LogP contribution < -0.4 is 0 Å². The summed E-state index contributed by atoms with van der Waals surface area (Å²) in [5.74, 6) is -6.46. The Balaban J connectivity index is 2.13. The number of benzene rings is 4. The molecule has 49 heavy (non-hydrogen) atoms. The van der Waals surface area contributed by atoms with Crippen LogP contribution in [-0.4, -0.2) is 44.3 Å². The molecule has 8 heteroatoms. The van der Waals surface area contributed by atoms with E-state index < -0.39 is 46.1 Å². The number of hydrogen-bond donors (Lipinski definition) is 4. The van der Waals surface area contributed by atoms with E-state index in [0.717, 1.165) is 38.9 Å². The van der Waals surface area contributed by atoms with Gasteiger partial charge in [0, 0.05) is 5.56 Å². The van der Waals surface area contributed by atoms with Crippen molar-refractivity contribution in [1.29, 1.82) is 0 Å². The Morgan fingerprint density at radius 1 is 0.469 bits per heavy atom. The van der Waals surface area contributed by atoms with Gasteiger partial charge < -0.3 is 20.4 Å². The van der Waals surface area contributed by atoms with E-state index in [0.29, 0.717) is 16.7 Å². The molecule has 0 fully saturated rings. The number of hydrogen-bond acceptors (Lipinski definition) is 4. The minimum atomic E-state index is -1.83. The molecule has 4 N–H and O–H groups in total. The Hall–Kier alpha value is -5.24. The minimum Gasteiger partial charge on any atom is -0.478 e. The highest BCUT2D eigenvalue weighted by Gasteiger charge is 2.41. The molecule has 0 unspecified atom stereocenters. The van der Waals surface area contributed by atoms with Crippen LogP contribution in [0.1, 0.15) is 154 Å². The molecule has 0 aromatic heterocycles. The van der Waals surface area contributed by atoms with Crippen LogP contribution in [-0.2, 0) is 6.42 Å². The van der Waals surface area contributed by atoms with Crippen molar-refractivity contribution in [1.82, 2.24) is 0 Å². The van der Waals surface area contributed by atoms with Gasteiger partial charge in [0.1, 0.15) is 0 Å². The lowest BCUT2D eigenvalue weighted by Gasteiger charge is -2.27. The molecular formula is C41H42O8. The summed E-state index contributed by atoms with van der Waals surface area (Å²) in [6, 6.07) is 16.0. The highest BCUT2D eigenvalue weighted by molar-refractivity contribution is 6.20. The lowest BCUT2D eigenvalue weighted by molar-refractivity contribution is 0.0619. The van der Waals surface area contributed by atoms with Gasteiger partial charge in [-0.15, -0.1) is 0 Å². The fourth-order valence-corrected chi connectivity index (χ4v) is 7.82. The Bertz CT molecular complexity index is 2060. The summed E-state index contributed by atoms with van der Waals surface area (Å²) in [7, 11) is 0. The standard InChI is InChI=1S/C41H42O8/c1-18(2)23-11-9-13-25(29(23)20(5)6)26-16-15-22-17-28-33(31(22)32(26)27-14-10-12-24(19(3)4)30(27)21(7)8)35(39(44)45)37(41(48)49)36(40(46)47)34(28)38(42)43/h9-16,18-21H,17H2,1-8H3,(H,42,43)(H,44,45)(H,46,47)(H,48,49). The zero-order valence-electron chi connectivity index (χ0n) is 29.1. The summed E-state index contributed by atoms with van der Waals surface area (Å²) in [6.07, 6.45) is -0.0794. The van der Waals surface area contributed by atoms with E-state index in [1.807, 2.05) is 36.4 Å². The second kappa shape index (κ2) is 13.0. The van der Waals surface area contributed by atoms with Crippen LogP contribution in [0.3, 0.4) is 0 Å². The van der Waals surface area contributed by atoms with E-state index in [2.05, 4.69) is 67.5 Å². The van der Waals surface area contributed by atoms with Crippen molar-refractivity contribution in [2.45, 2.75) is 85.5 Å². The molecule has 1 aliphatic rings. The molecule has 0 saturated carbocycles. The number of rotatable bonds is 10. The summed E-state index contributed by atoms with van der Waals surface area (Å²) >= 11 is 0. The van der Waals surface area contributed by atoms with Gasteiger partial charge in [-0.05, 0) is 91.3 Å². The average molecular weight is 663 g/mol. The van der Waals surface area contributed by atoms with Crippen molar-refractivity contribution in [2.75, 3.05) is 0 Å². The minimum absolute atomic E-state index is 0.0215. The molecule has 8 nitrogen and oxygen atoms in total. The topological polar surface area (TPSA) is 149 Å². The van der Waals surface area contributed by atoms with Gasteiger partial charge in [-0.3, -0.25) is 0 Å². The van der Waals surface area contributed by atoms with Crippen molar-refractivity contribution < 1.29 is 39.6 Å². The van der Waals surface area contributed by atoms with Crippen molar-refractivity contribution in [3.63, 3.8) is 0 Å². The second-order valence-electron chi connectivity index (χ2n) is 14.0. The molecule has 0 heterocycles. The first-order chi connectivity index (χ1) is 23.0. The lowest BCUT2D eigenvalue weighted by Crippen LogP contribution is -2.22. The highest BCUT2D eigenvalue weighted by atomic mass is 16.4. The zero-order chi connectivity index (χ0) is 36.2. The molecule has 5 rings (SSSR count). The summed E-state index contributed by atoms with van der Waals surface area (Å²) in [5, 5.41) is 41.5. The molecule has 0 saturated heterocycles. The monoisotopic (exact) mass is 662 g/mol. The first kappa shape index (κ1) is 35.1. The summed E-state index contributed by atoms with van der Waals surface area (Å²) < 4.78 is 0. The molecular weight excluding hydrogens is 620 g/mol. The molecule has 0 amide bonds. The van der Waals surface area contributed by atoms with E-state index >= 15 is 0 Å². The molecule has 0 radical (unpaired) electrons. The van der Waals surface area contributed by atoms with Gasteiger partial charge in [-0.2, -0.15) is 0 Å². The Morgan fingerprint density at radius 2 is 0.918 bits per heavy atom. The molecule has 0 spiro atoms. The SMILES string of the molecule is CC(C)c1cccc(-c2ccc3c(c2-c2cccc(C(C)C)c2C(C)C)-c2c(c(C(=O)O)c(C(=O)O)c(C(=O)O)c2C(=O)O)C3)c1C(C)C. The van der Waals surface area contributed by atoms with E-state index in [-0.39, 0.29) is 41.2 Å². The summed E-state index contributed by atoms with van der Waals surface area (Å²) in [6.45, 7) is 16.9. The van der Waals surface area contributed by atoms with Crippen molar-refractivity contribution in [2.24, 2.45) is 0 Å². The van der Waals surface area contributed by atoms with Crippen molar-refractivity contribution in [3.8, 4) is 33.4 Å². The third kappa shape index (κ3) is 5.69. The van der Waals surface area contributed by atoms with Gasteiger partial charge in [-0.1, -0.05) is 104 Å². The third-order valence-corrected chi connectivity index (χ3v) is 9.61. The van der Waals surface area contributed by atoms with Gasteiger partial charge in [0.15, 0.2) is 0 Å². The summed E-state index contributed by atoms with van der Waals surface area (Å²) in [5.41, 5.74) is 5.07. The molecule has 254 valence electrons.